The van der Waals surface area contributed by atoms with Gasteiger partial charge in [0.2, 0.25) is 0 Å². The number of pyridine rings is 1. The SMILES string of the molecule is Cc1cc2cc(-c3ccccc3)ccc2nc1Cl. The Kier molecular flexibility index (Phi) is 2.77. The van der Waals surface area contributed by atoms with E-state index in [0.717, 1.165) is 16.5 Å². The number of rotatable bonds is 1. The molecule has 0 radical (unpaired) electrons. The van der Waals surface area contributed by atoms with Crippen LogP contribution in [0.3, 0.4) is 0 Å². The highest BCUT2D eigenvalue weighted by Gasteiger charge is 2.03. The molecule has 0 amide bonds. The maximum Gasteiger partial charge on any atom is 0.132 e. The zero-order valence-electron chi connectivity index (χ0n) is 10.0. The van der Waals surface area contributed by atoms with Crippen molar-refractivity contribution in [2.75, 3.05) is 0 Å². The third kappa shape index (κ3) is 1.98. The van der Waals surface area contributed by atoms with Crippen molar-refractivity contribution in [2.45, 2.75) is 6.92 Å². The first-order valence-corrected chi connectivity index (χ1v) is 6.24. The van der Waals surface area contributed by atoms with Gasteiger partial charge in [0.05, 0.1) is 5.52 Å². The number of aromatic nitrogens is 1. The van der Waals surface area contributed by atoms with Crippen molar-refractivity contribution < 1.29 is 0 Å². The van der Waals surface area contributed by atoms with E-state index in [4.69, 9.17) is 11.6 Å². The summed E-state index contributed by atoms with van der Waals surface area (Å²) in [6, 6.07) is 18.7. The minimum absolute atomic E-state index is 0.579. The van der Waals surface area contributed by atoms with Crippen molar-refractivity contribution in [3.8, 4) is 11.1 Å². The second-order valence-corrected chi connectivity index (χ2v) is 4.73. The van der Waals surface area contributed by atoms with E-state index >= 15 is 0 Å². The highest BCUT2D eigenvalue weighted by atomic mass is 35.5. The van der Waals surface area contributed by atoms with Crippen molar-refractivity contribution in [3.05, 3.63) is 65.3 Å². The van der Waals surface area contributed by atoms with E-state index in [0.29, 0.717) is 5.15 Å². The Bertz CT molecular complexity index is 705. The second-order valence-electron chi connectivity index (χ2n) is 4.37. The molecule has 2 heteroatoms. The van der Waals surface area contributed by atoms with Gasteiger partial charge in [-0.25, -0.2) is 4.98 Å². The molecule has 0 aliphatic heterocycles. The summed E-state index contributed by atoms with van der Waals surface area (Å²) < 4.78 is 0. The molecule has 0 spiro atoms. The summed E-state index contributed by atoms with van der Waals surface area (Å²) >= 11 is 6.03. The Morgan fingerprint density at radius 2 is 1.67 bits per heavy atom. The lowest BCUT2D eigenvalue weighted by Crippen LogP contribution is -1.85. The van der Waals surface area contributed by atoms with Crippen molar-refractivity contribution in [1.82, 2.24) is 4.98 Å². The Balaban J connectivity index is 2.20. The summed E-state index contributed by atoms with van der Waals surface area (Å²) in [5.74, 6) is 0. The Morgan fingerprint density at radius 3 is 2.44 bits per heavy atom. The third-order valence-electron chi connectivity index (χ3n) is 3.05. The Hall–Kier alpha value is -1.86. The fourth-order valence-electron chi connectivity index (χ4n) is 2.07. The van der Waals surface area contributed by atoms with Gasteiger partial charge in [0, 0.05) is 5.39 Å². The number of nitrogens with zero attached hydrogens (tertiary/aromatic N) is 1. The zero-order chi connectivity index (χ0) is 12.5. The van der Waals surface area contributed by atoms with Crippen LogP contribution in [0.15, 0.2) is 54.6 Å². The molecule has 0 aliphatic rings. The topological polar surface area (TPSA) is 12.9 Å². The van der Waals surface area contributed by atoms with Crippen molar-refractivity contribution in [1.29, 1.82) is 0 Å². The van der Waals surface area contributed by atoms with Gasteiger partial charge >= 0.3 is 0 Å². The van der Waals surface area contributed by atoms with Gasteiger partial charge in [-0.3, -0.25) is 0 Å². The van der Waals surface area contributed by atoms with Crippen molar-refractivity contribution >= 4 is 22.5 Å². The highest BCUT2D eigenvalue weighted by Crippen LogP contribution is 2.25. The summed E-state index contributed by atoms with van der Waals surface area (Å²) in [4.78, 5) is 4.38. The first kappa shape index (κ1) is 11.2. The number of fused-ring (bicyclic) bond motifs is 1. The van der Waals surface area contributed by atoms with Gasteiger partial charge in [0.25, 0.3) is 0 Å². The Morgan fingerprint density at radius 1 is 0.889 bits per heavy atom. The van der Waals surface area contributed by atoms with Crippen LogP contribution in [-0.4, -0.2) is 4.98 Å². The lowest BCUT2D eigenvalue weighted by molar-refractivity contribution is 1.33. The van der Waals surface area contributed by atoms with Crippen LogP contribution in [0.2, 0.25) is 5.15 Å². The van der Waals surface area contributed by atoms with Crippen LogP contribution in [0, 0.1) is 6.92 Å². The number of hydrogen-bond acceptors (Lipinski definition) is 1. The minimum atomic E-state index is 0.579. The minimum Gasteiger partial charge on any atom is -0.236 e. The van der Waals surface area contributed by atoms with Gasteiger partial charge in [0.15, 0.2) is 0 Å². The highest BCUT2D eigenvalue weighted by molar-refractivity contribution is 6.30. The molecular formula is C16H12ClN. The molecule has 0 fully saturated rings. The maximum absolute atomic E-state index is 6.03. The molecule has 2 aromatic carbocycles. The molecule has 88 valence electrons. The molecule has 18 heavy (non-hydrogen) atoms. The van der Waals surface area contributed by atoms with E-state index in [-0.39, 0.29) is 0 Å². The van der Waals surface area contributed by atoms with Crippen molar-refractivity contribution in [2.24, 2.45) is 0 Å². The summed E-state index contributed by atoms with van der Waals surface area (Å²) in [7, 11) is 0. The number of benzene rings is 2. The fourth-order valence-corrected chi connectivity index (χ4v) is 2.21. The number of hydrogen-bond donors (Lipinski definition) is 0. The summed E-state index contributed by atoms with van der Waals surface area (Å²) in [5.41, 5.74) is 4.36. The normalized spacial score (nSPS) is 10.8. The molecule has 3 aromatic rings. The first-order chi connectivity index (χ1) is 8.74. The molecule has 0 saturated carbocycles. The number of aryl methyl sites for hydroxylation is 1. The van der Waals surface area contributed by atoms with E-state index in [9.17, 15) is 0 Å². The monoisotopic (exact) mass is 253 g/mol. The average molecular weight is 254 g/mol. The molecule has 0 bridgehead atoms. The molecule has 0 saturated heterocycles. The largest absolute Gasteiger partial charge is 0.236 e. The van der Waals surface area contributed by atoms with Crippen LogP contribution in [-0.2, 0) is 0 Å². The lowest BCUT2D eigenvalue weighted by atomic mass is 10.0. The Labute approximate surface area is 111 Å². The summed E-state index contributed by atoms with van der Waals surface area (Å²) in [6.45, 7) is 1.98. The van der Waals surface area contributed by atoms with Gasteiger partial charge in [-0.1, -0.05) is 48.0 Å². The molecule has 0 atom stereocenters. The van der Waals surface area contributed by atoms with E-state index < -0.39 is 0 Å². The average Bonchev–Trinajstić information content (AvgIpc) is 2.41. The predicted molar refractivity (Wildman–Crippen MR) is 76.9 cm³/mol. The van der Waals surface area contributed by atoms with Crippen LogP contribution in [0.1, 0.15) is 5.56 Å². The molecule has 0 unspecified atom stereocenters. The number of halogens is 1. The van der Waals surface area contributed by atoms with Gasteiger partial charge in [-0.05, 0) is 41.8 Å². The van der Waals surface area contributed by atoms with Crippen molar-refractivity contribution in [3.63, 3.8) is 0 Å². The third-order valence-corrected chi connectivity index (χ3v) is 3.43. The van der Waals surface area contributed by atoms with Gasteiger partial charge in [0.1, 0.15) is 5.15 Å². The first-order valence-electron chi connectivity index (χ1n) is 5.86. The van der Waals surface area contributed by atoms with Gasteiger partial charge < -0.3 is 0 Å². The fraction of sp³-hybridized carbons (Fsp3) is 0.0625. The smallest absolute Gasteiger partial charge is 0.132 e. The summed E-state index contributed by atoms with van der Waals surface area (Å²) in [5, 5.41) is 1.70. The molecule has 0 aliphatic carbocycles. The van der Waals surface area contributed by atoms with Gasteiger partial charge in [-0.2, -0.15) is 0 Å². The lowest BCUT2D eigenvalue weighted by Gasteiger charge is -2.05. The zero-order valence-corrected chi connectivity index (χ0v) is 10.8. The predicted octanol–water partition coefficient (Wildman–Crippen LogP) is 4.86. The summed E-state index contributed by atoms with van der Waals surface area (Å²) in [6.07, 6.45) is 0. The molecule has 1 heterocycles. The molecule has 0 N–H and O–H groups in total. The quantitative estimate of drug-likeness (QED) is 0.564. The molecule has 1 aromatic heterocycles. The van der Waals surface area contributed by atoms with Crippen LogP contribution in [0.25, 0.3) is 22.0 Å². The van der Waals surface area contributed by atoms with E-state index in [2.05, 4.69) is 35.3 Å². The van der Waals surface area contributed by atoms with Crippen LogP contribution < -0.4 is 0 Å². The molecule has 3 rings (SSSR count). The van der Waals surface area contributed by atoms with E-state index in [1.165, 1.54) is 11.1 Å². The van der Waals surface area contributed by atoms with E-state index in [1.54, 1.807) is 0 Å². The van der Waals surface area contributed by atoms with E-state index in [1.807, 2.05) is 31.2 Å². The van der Waals surface area contributed by atoms with Gasteiger partial charge in [-0.15, -0.1) is 0 Å². The van der Waals surface area contributed by atoms with Crippen LogP contribution in [0.5, 0.6) is 0 Å². The van der Waals surface area contributed by atoms with Crippen LogP contribution >= 0.6 is 11.6 Å². The molecule has 1 nitrogen and oxygen atoms in total. The molecular weight excluding hydrogens is 242 g/mol. The second kappa shape index (κ2) is 4.43. The maximum atomic E-state index is 6.03. The van der Waals surface area contributed by atoms with Crippen LogP contribution in [0.4, 0.5) is 0 Å². The standard InChI is InChI=1S/C16H12ClN/c1-11-9-14-10-13(12-5-3-2-4-6-12)7-8-15(14)18-16(11)17/h2-10H,1H3.